The fourth-order valence-electron chi connectivity index (χ4n) is 4.68. The number of hydrogen-bond donors (Lipinski definition) is 0. The third-order valence-electron chi connectivity index (χ3n) is 6.48. The second-order valence-electron chi connectivity index (χ2n) is 8.38. The zero-order valence-electron chi connectivity index (χ0n) is 17.8. The van der Waals surface area contributed by atoms with Crippen molar-refractivity contribution in [3.8, 4) is 5.75 Å². The quantitative estimate of drug-likeness (QED) is 0.700. The van der Waals surface area contributed by atoms with E-state index in [1.165, 1.54) is 11.8 Å². The number of methoxy groups -OCH3 is 1. The molecule has 4 rings (SSSR count). The summed E-state index contributed by atoms with van der Waals surface area (Å²) in [5.74, 6) is 1.43. The number of rotatable bonds is 6. The second-order valence-corrected chi connectivity index (χ2v) is 10.3. The van der Waals surface area contributed by atoms with Crippen LogP contribution in [0.4, 0.5) is 0 Å². The van der Waals surface area contributed by atoms with E-state index in [1.807, 2.05) is 19.1 Å². The smallest absolute Gasteiger partial charge is 0.246 e. The van der Waals surface area contributed by atoms with Gasteiger partial charge in [-0.05, 0) is 62.6 Å². The molecule has 1 spiro atoms. The van der Waals surface area contributed by atoms with Crippen molar-refractivity contribution >= 4 is 10.0 Å². The zero-order chi connectivity index (χ0) is 21.2. The molecule has 0 aliphatic carbocycles. The molecule has 0 amide bonds. The molecule has 3 heterocycles. The molecule has 2 aromatic rings. The van der Waals surface area contributed by atoms with Crippen molar-refractivity contribution in [2.45, 2.75) is 56.1 Å². The third-order valence-corrected chi connectivity index (χ3v) is 8.33. The maximum atomic E-state index is 13.0. The summed E-state index contributed by atoms with van der Waals surface area (Å²) in [5.41, 5.74) is 1.11. The molecule has 7 nitrogen and oxygen atoms in total. The highest BCUT2D eigenvalue weighted by molar-refractivity contribution is 7.89. The van der Waals surface area contributed by atoms with Crippen LogP contribution in [0.1, 0.15) is 38.2 Å². The Morgan fingerprint density at radius 3 is 2.60 bits per heavy atom. The Morgan fingerprint density at radius 1 is 1.23 bits per heavy atom. The molecule has 2 fully saturated rings. The largest absolute Gasteiger partial charge is 0.497 e. The highest BCUT2D eigenvalue weighted by Gasteiger charge is 2.42. The molecule has 2 saturated heterocycles. The van der Waals surface area contributed by atoms with Gasteiger partial charge in [0, 0.05) is 32.4 Å². The van der Waals surface area contributed by atoms with Crippen molar-refractivity contribution in [3.63, 3.8) is 0 Å². The summed E-state index contributed by atoms with van der Waals surface area (Å²) in [6, 6.07) is 8.28. The Morgan fingerprint density at radius 2 is 1.97 bits per heavy atom. The first kappa shape index (κ1) is 21.3. The van der Waals surface area contributed by atoms with Gasteiger partial charge in [0.2, 0.25) is 10.0 Å². The van der Waals surface area contributed by atoms with Crippen LogP contribution in [0.2, 0.25) is 0 Å². The van der Waals surface area contributed by atoms with Gasteiger partial charge in [0.15, 0.2) is 0 Å². The minimum atomic E-state index is -3.49. The molecule has 1 unspecified atom stereocenters. The SMILES string of the molecule is CCn1cc(S(=O)(=O)N2CCC3(CC2)CC(Cc2ccc(OC)cc2)CCO3)cn1. The normalized spacial score (nSPS) is 22.3. The van der Waals surface area contributed by atoms with Gasteiger partial charge in [-0.25, -0.2) is 8.42 Å². The van der Waals surface area contributed by atoms with Gasteiger partial charge in [0.1, 0.15) is 10.6 Å². The van der Waals surface area contributed by atoms with E-state index in [4.69, 9.17) is 9.47 Å². The minimum absolute atomic E-state index is 0.199. The predicted octanol–water partition coefficient (Wildman–Crippen LogP) is 3.10. The Balaban J connectivity index is 1.38. The molecule has 164 valence electrons. The average Bonchev–Trinajstić information content (AvgIpc) is 3.25. The second kappa shape index (κ2) is 8.69. The molecule has 1 aromatic heterocycles. The van der Waals surface area contributed by atoms with Crippen LogP contribution >= 0.6 is 0 Å². The summed E-state index contributed by atoms with van der Waals surface area (Å²) >= 11 is 0. The Kier molecular flexibility index (Phi) is 6.18. The molecule has 8 heteroatoms. The highest BCUT2D eigenvalue weighted by atomic mass is 32.2. The van der Waals surface area contributed by atoms with E-state index in [-0.39, 0.29) is 10.5 Å². The van der Waals surface area contributed by atoms with Crippen molar-refractivity contribution in [2.24, 2.45) is 5.92 Å². The number of aryl methyl sites for hydroxylation is 1. The third kappa shape index (κ3) is 4.40. The fourth-order valence-corrected chi connectivity index (χ4v) is 6.08. The number of benzene rings is 1. The summed E-state index contributed by atoms with van der Waals surface area (Å²) in [6.45, 7) is 4.33. The lowest BCUT2D eigenvalue weighted by atomic mass is 9.78. The maximum Gasteiger partial charge on any atom is 0.246 e. The molecular formula is C22H31N3O4S. The van der Waals surface area contributed by atoms with E-state index < -0.39 is 10.0 Å². The molecule has 0 bridgehead atoms. The standard InChI is InChI=1S/C22H31N3O4S/c1-3-24-17-21(16-23-24)30(26,27)25-11-9-22(10-12-25)15-19(8-13-29-22)14-18-4-6-20(28-2)7-5-18/h4-7,16-17,19H,3,8-15H2,1-2H3. The molecule has 30 heavy (non-hydrogen) atoms. The summed E-state index contributed by atoms with van der Waals surface area (Å²) in [5, 5.41) is 4.12. The van der Waals surface area contributed by atoms with Crippen LogP contribution in [-0.2, 0) is 27.7 Å². The minimum Gasteiger partial charge on any atom is -0.497 e. The zero-order valence-corrected chi connectivity index (χ0v) is 18.6. The van der Waals surface area contributed by atoms with Crippen LogP contribution in [-0.4, -0.2) is 54.9 Å². The summed E-state index contributed by atoms with van der Waals surface area (Å²) in [7, 11) is -1.81. The molecule has 2 aliphatic heterocycles. The summed E-state index contributed by atoms with van der Waals surface area (Å²) in [6.07, 6.45) is 7.60. The molecular weight excluding hydrogens is 402 g/mol. The molecule has 1 aromatic carbocycles. The Bertz CT molecular complexity index is 947. The summed E-state index contributed by atoms with van der Waals surface area (Å²) < 4.78 is 40.7. The first-order valence-electron chi connectivity index (χ1n) is 10.7. The number of ether oxygens (including phenoxy) is 2. The van der Waals surface area contributed by atoms with Crippen LogP contribution in [0.5, 0.6) is 5.75 Å². The number of sulfonamides is 1. The first-order chi connectivity index (χ1) is 14.4. The molecule has 0 N–H and O–H groups in total. The molecule has 0 saturated carbocycles. The van der Waals surface area contributed by atoms with Crippen LogP contribution in [0.3, 0.4) is 0 Å². The number of piperidine rings is 1. The van der Waals surface area contributed by atoms with Crippen molar-refractivity contribution in [2.75, 3.05) is 26.8 Å². The van der Waals surface area contributed by atoms with Crippen LogP contribution in [0.25, 0.3) is 0 Å². The van der Waals surface area contributed by atoms with Crippen LogP contribution in [0, 0.1) is 5.92 Å². The van der Waals surface area contributed by atoms with Crippen molar-refractivity contribution in [3.05, 3.63) is 42.2 Å². The summed E-state index contributed by atoms with van der Waals surface area (Å²) in [4.78, 5) is 0.280. The monoisotopic (exact) mass is 433 g/mol. The lowest BCUT2D eigenvalue weighted by molar-refractivity contribution is -0.120. The average molecular weight is 434 g/mol. The van der Waals surface area contributed by atoms with Gasteiger partial charge in [0.25, 0.3) is 0 Å². The van der Waals surface area contributed by atoms with Crippen LogP contribution < -0.4 is 4.74 Å². The van der Waals surface area contributed by atoms with E-state index >= 15 is 0 Å². The molecule has 1 atom stereocenters. The lowest BCUT2D eigenvalue weighted by Crippen LogP contribution is -2.50. The number of aromatic nitrogens is 2. The van der Waals surface area contributed by atoms with E-state index in [0.717, 1.165) is 44.5 Å². The van der Waals surface area contributed by atoms with Crippen molar-refractivity contribution < 1.29 is 17.9 Å². The maximum absolute atomic E-state index is 13.0. The van der Waals surface area contributed by atoms with E-state index in [9.17, 15) is 8.42 Å². The number of hydrogen-bond acceptors (Lipinski definition) is 5. The van der Waals surface area contributed by atoms with Crippen molar-refractivity contribution in [1.82, 2.24) is 14.1 Å². The van der Waals surface area contributed by atoms with Gasteiger partial charge in [-0.15, -0.1) is 0 Å². The van der Waals surface area contributed by atoms with Gasteiger partial charge >= 0.3 is 0 Å². The fraction of sp³-hybridized carbons (Fsp3) is 0.591. The van der Waals surface area contributed by atoms with E-state index in [2.05, 4.69) is 17.2 Å². The highest BCUT2D eigenvalue weighted by Crippen LogP contribution is 2.39. The topological polar surface area (TPSA) is 73.7 Å². The number of nitrogens with zero attached hydrogens (tertiary/aromatic N) is 3. The van der Waals surface area contributed by atoms with E-state index in [1.54, 1.807) is 22.3 Å². The van der Waals surface area contributed by atoms with Crippen molar-refractivity contribution in [1.29, 1.82) is 0 Å². The lowest BCUT2D eigenvalue weighted by Gasteiger charge is -2.45. The van der Waals surface area contributed by atoms with Gasteiger partial charge in [0.05, 0.1) is 18.9 Å². The van der Waals surface area contributed by atoms with Gasteiger partial charge in [-0.1, -0.05) is 12.1 Å². The van der Waals surface area contributed by atoms with Gasteiger partial charge in [-0.3, -0.25) is 4.68 Å². The Hall–Kier alpha value is -1.90. The Labute approximate surface area is 179 Å². The molecule has 2 aliphatic rings. The van der Waals surface area contributed by atoms with Gasteiger partial charge < -0.3 is 9.47 Å². The van der Waals surface area contributed by atoms with E-state index in [0.29, 0.717) is 25.6 Å². The predicted molar refractivity (Wildman–Crippen MR) is 114 cm³/mol. The molecule has 0 radical (unpaired) electrons. The first-order valence-corrected chi connectivity index (χ1v) is 12.2. The van der Waals surface area contributed by atoms with Crippen LogP contribution in [0.15, 0.2) is 41.6 Å². The van der Waals surface area contributed by atoms with Gasteiger partial charge in [-0.2, -0.15) is 9.40 Å².